The molecule has 2 aromatic rings. The Labute approximate surface area is 135 Å². The lowest BCUT2D eigenvalue weighted by Crippen LogP contribution is -2.10. The van der Waals surface area contributed by atoms with E-state index in [-0.39, 0.29) is 27.5 Å². The number of carbonyl (C=O) groups is 2. The SMILES string of the molecule is CSC1C(=O)Nc2c1ccc(Cl)c2C(=O)c1ccc(F)cc1. The molecular formula is C16H11ClFNO2S. The minimum absolute atomic E-state index is 0.169. The summed E-state index contributed by atoms with van der Waals surface area (Å²) >= 11 is 7.56. The quantitative estimate of drug-likeness (QED) is 0.860. The summed E-state index contributed by atoms with van der Waals surface area (Å²) in [5, 5.41) is 2.64. The predicted molar refractivity (Wildman–Crippen MR) is 86.2 cm³/mol. The van der Waals surface area contributed by atoms with E-state index in [4.69, 9.17) is 11.6 Å². The number of anilines is 1. The molecule has 112 valence electrons. The first-order valence-electron chi connectivity index (χ1n) is 6.49. The molecule has 0 spiro atoms. The number of fused-ring (bicyclic) bond motifs is 1. The van der Waals surface area contributed by atoms with Crippen LogP contribution in [0.15, 0.2) is 36.4 Å². The number of hydrogen-bond donors (Lipinski definition) is 1. The Morgan fingerprint density at radius 1 is 1.23 bits per heavy atom. The Morgan fingerprint density at radius 3 is 2.55 bits per heavy atom. The molecule has 1 heterocycles. The molecule has 0 aromatic heterocycles. The molecule has 1 unspecified atom stereocenters. The maximum atomic E-state index is 13.0. The number of halogens is 2. The zero-order valence-electron chi connectivity index (χ0n) is 11.5. The van der Waals surface area contributed by atoms with Crippen LogP contribution in [-0.2, 0) is 4.79 Å². The Balaban J connectivity index is 2.12. The summed E-state index contributed by atoms with van der Waals surface area (Å²) in [7, 11) is 0. The third kappa shape index (κ3) is 2.40. The van der Waals surface area contributed by atoms with Gasteiger partial charge in [0.25, 0.3) is 0 Å². The van der Waals surface area contributed by atoms with Crippen molar-refractivity contribution in [3.8, 4) is 0 Å². The van der Waals surface area contributed by atoms with E-state index in [0.717, 1.165) is 5.56 Å². The average molecular weight is 336 g/mol. The third-order valence-electron chi connectivity index (χ3n) is 3.52. The highest BCUT2D eigenvalue weighted by Crippen LogP contribution is 2.43. The topological polar surface area (TPSA) is 46.2 Å². The van der Waals surface area contributed by atoms with E-state index >= 15 is 0 Å². The van der Waals surface area contributed by atoms with Gasteiger partial charge in [-0.1, -0.05) is 17.7 Å². The molecule has 1 amide bonds. The van der Waals surface area contributed by atoms with Gasteiger partial charge in [0.15, 0.2) is 5.78 Å². The van der Waals surface area contributed by atoms with Crippen molar-refractivity contribution < 1.29 is 14.0 Å². The molecule has 0 aliphatic carbocycles. The van der Waals surface area contributed by atoms with Crippen LogP contribution in [0.25, 0.3) is 0 Å². The van der Waals surface area contributed by atoms with Crippen LogP contribution in [-0.4, -0.2) is 17.9 Å². The van der Waals surface area contributed by atoms with E-state index < -0.39 is 5.82 Å². The molecule has 6 heteroatoms. The third-order valence-corrected chi connectivity index (χ3v) is 4.78. The molecule has 1 aliphatic heterocycles. The molecule has 0 fully saturated rings. The van der Waals surface area contributed by atoms with Crippen LogP contribution in [0.3, 0.4) is 0 Å². The van der Waals surface area contributed by atoms with Crippen molar-refractivity contribution in [2.24, 2.45) is 0 Å². The summed E-state index contributed by atoms with van der Waals surface area (Å²) in [5.41, 5.74) is 1.76. The van der Waals surface area contributed by atoms with Crippen LogP contribution in [0.5, 0.6) is 0 Å². The Kier molecular flexibility index (Phi) is 3.93. The average Bonchev–Trinajstić information content (AvgIpc) is 2.82. The molecular weight excluding hydrogens is 325 g/mol. The second-order valence-corrected chi connectivity index (χ2v) is 6.18. The van der Waals surface area contributed by atoms with Gasteiger partial charge in [-0.05, 0) is 42.2 Å². The molecule has 22 heavy (non-hydrogen) atoms. The molecule has 0 bridgehead atoms. The van der Waals surface area contributed by atoms with Gasteiger partial charge in [-0.15, -0.1) is 11.8 Å². The smallest absolute Gasteiger partial charge is 0.242 e. The van der Waals surface area contributed by atoms with Crippen LogP contribution < -0.4 is 5.32 Å². The minimum atomic E-state index is -0.420. The van der Waals surface area contributed by atoms with Gasteiger partial charge in [0.05, 0.1) is 16.3 Å². The van der Waals surface area contributed by atoms with E-state index in [2.05, 4.69) is 5.32 Å². The molecule has 3 rings (SSSR count). The fourth-order valence-electron chi connectivity index (χ4n) is 2.48. The zero-order chi connectivity index (χ0) is 15.9. The maximum absolute atomic E-state index is 13.0. The molecule has 0 radical (unpaired) electrons. The largest absolute Gasteiger partial charge is 0.324 e. The fraction of sp³-hybridized carbons (Fsp3) is 0.125. The summed E-state index contributed by atoms with van der Waals surface area (Å²) in [4.78, 5) is 24.7. The summed E-state index contributed by atoms with van der Waals surface area (Å²) in [6.07, 6.45) is 1.83. The second kappa shape index (κ2) is 5.74. The van der Waals surface area contributed by atoms with Gasteiger partial charge in [0.2, 0.25) is 5.91 Å². The van der Waals surface area contributed by atoms with Gasteiger partial charge >= 0.3 is 0 Å². The van der Waals surface area contributed by atoms with Crippen molar-refractivity contribution in [3.05, 3.63) is 63.9 Å². The van der Waals surface area contributed by atoms with Gasteiger partial charge in [-0.3, -0.25) is 9.59 Å². The Bertz CT molecular complexity index is 776. The minimum Gasteiger partial charge on any atom is -0.324 e. The number of carbonyl (C=O) groups excluding carboxylic acids is 2. The molecule has 2 aromatic carbocycles. The van der Waals surface area contributed by atoms with Crippen molar-refractivity contribution in [2.75, 3.05) is 11.6 Å². The summed E-state index contributed by atoms with van der Waals surface area (Å²) < 4.78 is 13.0. The number of ketones is 1. The Hall–Kier alpha value is -1.85. The fourth-order valence-corrected chi connectivity index (χ4v) is 3.44. The summed E-state index contributed by atoms with van der Waals surface area (Å²) in [6, 6.07) is 8.59. The van der Waals surface area contributed by atoms with Gasteiger partial charge in [0, 0.05) is 5.56 Å². The van der Waals surface area contributed by atoms with E-state index in [1.807, 2.05) is 6.26 Å². The van der Waals surface area contributed by atoms with Crippen molar-refractivity contribution in [3.63, 3.8) is 0 Å². The van der Waals surface area contributed by atoms with Crippen LogP contribution >= 0.6 is 23.4 Å². The predicted octanol–water partition coefficient (Wildman–Crippen LogP) is 4.07. The van der Waals surface area contributed by atoms with E-state index in [9.17, 15) is 14.0 Å². The highest BCUT2D eigenvalue weighted by molar-refractivity contribution is 7.99. The number of nitrogens with one attached hydrogen (secondary N) is 1. The lowest BCUT2D eigenvalue weighted by atomic mass is 9.99. The molecule has 3 nitrogen and oxygen atoms in total. The number of thioether (sulfide) groups is 1. The van der Waals surface area contributed by atoms with E-state index in [0.29, 0.717) is 11.3 Å². The Morgan fingerprint density at radius 2 is 1.91 bits per heavy atom. The normalized spacial score (nSPS) is 16.3. The molecule has 1 aliphatic rings. The van der Waals surface area contributed by atoms with Crippen molar-refractivity contribution in [2.45, 2.75) is 5.25 Å². The van der Waals surface area contributed by atoms with Crippen LogP contribution in [0.4, 0.5) is 10.1 Å². The first-order valence-corrected chi connectivity index (χ1v) is 8.16. The number of benzene rings is 2. The maximum Gasteiger partial charge on any atom is 0.242 e. The molecule has 1 atom stereocenters. The first kappa shape index (κ1) is 15.1. The lowest BCUT2D eigenvalue weighted by Gasteiger charge is -2.10. The van der Waals surface area contributed by atoms with Crippen molar-refractivity contribution in [1.29, 1.82) is 0 Å². The van der Waals surface area contributed by atoms with Crippen LogP contribution in [0, 0.1) is 5.82 Å². The molecule has 0 saturated heterocycles. The highest BCUT2D eigenvalue weighted by atomic mass is 35.5. The first-order chi connectivity index (χ1) is 10.5. The standard InChI is InChI=1S/C16H11ClFNO2S/c1-22-15-10-6-7-11(17)12(13(10)19-16(15)21)14(20)8-2-4-9(18)5-3-8/h2-7,15H,1H3,(H,19,21). The highest BCUT2D eigenvalue weighted by Gasteiger charge is 2.34. The monoisotopic (exact) mass is 335 g/mol. The van der Waals surface area contributed by atoms with Crippen LogP contribution in [0.1, 0.15) is 26.7 Å². The number of rotatable bonds is 3. The van der Waals surface area contributed by atoms with Crippen molar-refractivity contribution >= 4 is 40.7 Å². The summed E-state index contributed by atoms with van der Waals surface area (Å²) in [6.45, 7) is 0. The van der Waals surface area contributed by atoms with Crippen LogP contribution in [0.2, 0.25) is 5.02 Å². The van der Waals surface area contributed by atoms with E-state index in [1.54, 1.807) is 12.1 Å². The summed E-state index contributed by atoms with van der Waals surface area (Å²) in [5.74, 6) is -0.932. The van der Waals surface area contributed by atoms with Crippen molar-refractivity contribution in [1.82, 2.24) is 0 Å². The molecule has 0 saturated carbocycles. The molecule has 1 N–H and O–H groups in total. The number of hydrogen-bond acceptors (Lipinski definition) is 3. The zero-order valence-corrected chi connectivity index (χ0v) is 13.1. The van der Waals surface area contributed by atoms with Gasteiger partial charge in [-0.25, -0.2) is 4.39 Å². The van der Waals surface area contributed by atoms with Gasteiger partial charge in [0.1, 0.15) is 11.1 Å². The lowest BCUT2D eigenvalue weighted by molar-refractivity contribution is -0.115. The van der Waals surface area contributed by atoms with Gasteiger partial charge in [-0.2, -0.15) is 0 Å². The number of amides is 1. The second-order valence-electron chi connectivity index (χ2n) is 4.83. The van der Waals surface area contributed by atoms with E-state index in [1.165, 1.54) is 36.0 Å². The van der Waals surface area contributed by atoms with Gasteiger partial charge < -0.3 is 5.32 Å².